The van der Waals surface area contributed by atoms with Crippen LogP contribution in [0.4, 0.5) is 0 Å². The Bertz CT molecular complexity index is 704. The van der Waals surface area contributed by atoms with Crippen molar-refractivity contribution in [3.05, 3.63) is 59.2 Å². The number of hydrogen-bond donors (Lipinski definition) is 1. The molecule has 0 bridgehead atoms. The van der Waals surface area contributed by atoms with Crippen LogP contribution < -0.4 is 5.32 Å². The molecule has 3 nitrogen and oxygen atoms in total. The smallest absolute Gasteiger partial charge is 0.230 e. The maximum Gasteiger partial charge on any atom is 0.230 e. The van der Waals surface area contributed by atoms with Gasteiger partial charge in [-0.25, -0.2) is 0 Å². The Hall–Kier alpha value is -2.42. The van der Waals surface area contributed by atoms with Crippen LogP contribution in [0.2, 0.25) is 0 Å². The number of benzene rings is 2. The number of fused-ring (bicyclic) bond motifs is 3. The Morgan fingerprint density at radius 3 is 2.60 bits per heavy atom. The summed E-state index contributed by atoms with van der Waals surface area (Å²) < 4.78 is 0. The summed E-state index contributed by atoms with van der Waals surface area (Å²) in [6.45, 7) is 1.34. The number of amides is 2. The first-order valence-corrected chi connectivity index (χ1v) is 6.64. The summed E-state index contributed by atoms with van der Waals surface area (Å²) >= 11 is 0. The van der Waals surface area contributed by atoms with E-state index in [1.165, 1.54) is 29.2 Å². The van der Waals surface area contributed by atoms with Crippen LogP contribution in [0, 0.1) is 0 Å². The van der Waals surface area contributed by atoms with Crippen molar-refractivity contribution in [1.29, 1.82) is 0 Å². The molecular weight excluding hydrogens is 250 g/mol. The van der Waals surface area contributed by atoms with Gasteiger partial charge in [0, 0.05) is 6.92 Å². The van der Waals surface area contributed by atoms with E-state index in [0.29, 0.717) is 0 Å². The minimum atomic E-state index is -0.316. The molecule has 0 atom stereocenters. The monoisotopic (exact) mass is 265 g/mol. The zero-order chi connectivity index (χ0) is 14.1. The van der Waals surface area contributed by atoms with Gasteiger partial charge in [-0.05, 0) is 34.2 Å². The van der Waals surface area contributed by atoms with E-state index in [2.05, 4.69) is 29.6 Å². The van der Waals surface area contributed by atoms with E-state index in [4.69, 9.17) is 0 Å². The fraction of sp³-hybridized carbons (Fsp3) is 0.176. The highest BCUT2D eigenvalue weighted by molar-refractivity contribution is 5.95. The van der Waals surface area contributed by atoms with Crippen molar-refractivity contribution >= 4 is 11.8 Å². The topological polar surface area (TPSA) is 46.2 Å². The van der Waals surface area contributed by atoms with Crippen molar-refractivity contribution < 1.29 is 9.59 Å². The molecule has 3 heteroatoms. The Morgan fingerprint density at radius 1 is 1.05 bits per heavy atom. The molecule has 20 heavy (non-hydrogen) atoms. The number of nitrogens with one attached hydrogen (secondary N) is 1. The lowest BCUT2D eigenvalue weighted by Gasteiger charge is -2.05. The number of rotatable bonds is 2. The summed E-state index contributed by atoms with van der Waals surface area (Å²) in [6, 6.07) is 14.4. The average molecular weight is 265 g/mol. The van der Waals surface area contributed by atoms with Crippen LogP contribution in [-0.2, 0) is 22.4 Å². The fourth-order valence-electron chi connectivity index (χ4n) is 2.73. The highest BCUT2D eigenvalue weighted by Crippen LogP contribution is 2.36. The summed E-state index contributed by atoms with van der Waals surface area (Å²) in [4.78, 5) is 22.5. The zero-order valence-corrected chi connectivity index (χ0v) is 11.3. The maximum atomic E-state index is 11.6. The van der Waals surface area contributed by atoms with Crippen LogP contribution in [0.5, 0.6) is 0 Å². The summed E-state index contributed by atoms with van der Waals surface area (Å²) in [5.41, 5.74) is 6.04. The molecular formula is C17H15NO2. The Balaban J connectivity index is 1.84. The highest BCUT2D eigenvalue weighted by atomic mass is 16.2. The van der Waals surface area contributed by atoms with Crippen LogP contribution in [0.25, 0.3) is 11.1 Å². The number of carbonyl (C=O) groups excluding carboxylic acids is 2. The van der Waals surface area contributed by atoms with Gasteiger partial charge in [0.15, 0.2) is 0 Å². The van der Waals surface area contributed by atoms with Gasteiger partial charge in [-0.15, -0.1) is 0 Å². The van der Waals surface area contributed by atoms with Crippen LogP contribution in [0.15, 0.2) is 42.5 Å². The molecule has 0 spiro atoms. The number of hydrogen-bond acceptors (Lipinski definition) is 2. The molecule has 0 unspecified atom stereocenters. The molecule has 0 radical (unpaired) electrons. The van der Waals surface area contributed by atoms with Crippen LogP contribution in [0.3, 0.4) is 0 Å². The van der Waals surface area contributed by atoms with Crippen LogP contribution in [0.1, 0.15) is 23.6 Å². The standard InChI is InChI=1S/C17H15NO2/c1-11(19)18-17(20)9-12-6-7-16-14(8-12)10-13-4-2-3-5-15(13)16/h2-8H,9-10H2,1H3,(H,18,19,20). The second-order valence-corrected chi connectivity index (χ2v) is 5.11. The molecule has 0 fully saturated rings. The van der Waals surface area contributed by atoms with Crippen molar-refractivity contribution in [2.45, 2.75) is 19.8 Å². The summed E-state index contributed by atoms with van der Waals surface area (Å²) in [5, 5.41) is 2.30. The third-order valence-electron chi connectivity index (χ3n) is 3.54. The summed E-state index contributed by atoms with van der Waals surface area (Å²) in [7, 11) is 0. The molecule has 3 rings (SSSR count). The lowest BCUT2D eigenvalue weighted by Crippen LogP contribution is -2.29. The SMILES string of the molecule is CC(=O)NC(=O)Cc1ccc2c(c1)Cc1ccccc1-2. The molecule has 0 aliphatic heterocycles. The number of carbonyl (C=O) groups is 2. The Kier molecular flexibility index (Phi) is 3.11. The van der Waals surface area contributed by atoms with Gasteiger partial charge >= 0.3 is 0 Å². The van der Waals surface area contributed by atoms with Gasteiger partial charge in [0.2, 0.25) is 11.8 Å². The third-order valence-corrected chi connectivity index (χ3v) is 3.54. The molecule has 0 heterocycles. The van der Waals surface area contributed by atoms with Gasteiger partial charge < -0.3 is 0 Å². The van der Waals surface area contributed by atoms with Gasteiger partial charge in [-0.3, -0.25) is 14.9 Å². The molecule has 1 aliphatic carbocycles. The molecule has 2 aromatic rings. The lowest BCUT2D eigenvalue weighted by molar-refractivity contribution is -0.128. The summed E-state index contributed by atoms with van der Waals surface area (Å²) in [5.74, 6) is -0.573. The minimum absolute atomic E-state index is 0.239. The van der Waals surface area contributed by atoms with E-state index >= 15 is 0 Å². The van der Waals surface area contributed by atoms with E-state index in [1.54, 1.807) is 0 Å². The van der Waals surface area contributed by atoms with Crippen molar-refractivity contribution in [3.63, 3.8) is 0 Å². The second kappa shape index (κ2) is 4.93. The highest BCUT2D eigenvalue weighted by Gasteiger charge is 2.18. The van der Waals surface area contributed by atoms with E-state index in [0.717, 1.165) is 12.0 Å². The minimum Gasteiger partial charge on any atom is -0.296 e. The first-order valence-electron chi connectivity index (χ1n) is 6.64. The van der Waals surface area contributed by atoms with E-state index in [-0.39, 0.29) is 18.2 Å². The Morgan fingerprint density at radius 2 is 1.80 bits per heavy atom. The first kappa shape index (κ1) is 12.6. The van der Waals surface area contributed by atoms with E-state index in [9.17, 15) is 9.59 Å². The van der Waals surface area contributed by atoms with Gasteiger partial charge in [-0.1, -0.05) is 42.5 Å². The number of imide groups is 1. The van der Waals surface area contributed by atoms with Crippen LogP contribution >= 0.6 is 0 Å². The average Bonchev–Trinajstić information content (AvgIpc) is 2.75. The third kappa shape index (κ3) is 2.35. The molecule has 1 aliphatic rings. The predicted octanol–water partition coefficient (Wildman–Crippen LogP) is 2.46. The van der Waals surface area contributed by atoms with Crippen molar-refractivity contribution in [2.24, 2.45) is 0 Å². The molecule has 0 saturated carbocycles. The maximum absolute atomic E-state index is 11.6. The van der Waals surface area contributed by atoms with Gasteiger partial charge in [0.05, 0.1) is 6.42 Å². The quantitative estimate of drug-likeness (QED) is 0.773. The van der Waals surface area contributed by atoms with E-state index < -0.39 is 0 Å². The van der Waals surface area contributed by atoms with Crippen molar-refractivity contribution in [2.75, 3.05) is 0 Å². The van der Waals surface area contributed by atoms with Gasteiger partial charge in [0.25, 0.3) is 0 Å². The van der Waals surface area contributed by atoms with Crippen molar-refractivity contribution in [3.8, 4) is 11.1 Å². The van der Waals surface area contributed by atoms with Crippen molar-refractivity contribution in [1.82, 2.24) is 5.32 Å². The molecule has 1 N–H and O–H groups in total. The Labute approximate surface area is 117 Å². The van der Waals surface area contributed by atoms with E-state index in [1.807, 2.05) is 18.2 Å². The first-order chi connectivity index (χ1) is 9.63. The van der Waals surface area contributed by atoms with Gasteiger partial charge in [-0.2, -0.15) is 0 Å². The second-order valence-electron chi connectivity index (χ2n) is 5.11. The predicted molar refractivity (Wildman–Crippen MR) is 77.2 cm³/mol. The molecule has 0 aromatic heterocycles. The molecule has 0 saturated heterocycles. The fourth-order valence-corrected chi connectivity index (χ4v) is 2.73. The normalized spacial score (nSPS) is 11.7. The van der Waals surface area contributed by atoms with Gasteiger partial charge in [0.1, 0.15) is 0 Å². The molecule has 2 amide bonds. The van der Waals surface area contributed by atoms with Crippen LogP contribution in [-0.4, -0.2) is 11.8 Å². The largest absolute Gasteiger partial charge is 0.296 e. The molecule has 100 valence electrons. The zero-order valence-electron chi connectivity index (χ0n) is 11.3. The molecule has 2 aromatic carbocycles. The lowest BCUT2D eigenvalue weighted by atomic mass is 10.0. The summed E-state index contributed by atoms with van der Waals surface area (Å²) in [6.07, 6.45) is 1.15.